The van der Waals surface area contributed by atoms with Crippen molar-refractivity contribution in [2.75, 3.05) is 46.5 Å². The normalized spacial score (nSPS) is 21.4. The lowest BCUT2D eigenvalue weighted by molar-refractivity contribution is -0.146. The third-order valence-corrected chi connectivity index (χ3v) is 3.34. The highest BCUT2D eigenvalue weighted by molar-refractivity contribution is 5.76. The molecular formula is C14H28N2O3. The van der Waals surface area contributed by atoms with E-state index < -0.39 is 0 Å². The average molecular weight is 272 g/mol. The van der Waals surface area contributed by atoms with Crippen LogP contribution < -0.4 is 5.32 Å². The molecule has 0 aromatic rings. The Balaban J connectivity index is 2.36. The highest BCUT2D eigenvalue weighted by atomic mass is 16.5. The van der Waals surface area contributed by atoms with Gasteiger partial charge in [-0.05, 0) is 39.3 Å². The standard InChI is InChI=1S/C14H28N2O3/c1-4-15-13(14(17)19-5-2)10-16(3)9-12-7-6-8-18-11-12/h12-13,15H,4-11H2,1-3H3. The molecule has 1 N–H and O–H groups in total. The van der Waals surface area contributed by atoms with Crippen molar-refractivity contribution in [2.24, 2.45) is 5.92 Å². The Kier molecular flexibility index (Phi) is 8.02. The molecule has 1 saturated heterocycles. The smallest absolute Gasteiger partial charge is 0.324 e. The summed E-state index contributed by atoms with van der Waals surface area (Å²) in [6, 6.07) is -0.237. The maximum absolute atomic E-state index is 11.8. The first-order chi connectivity index (χ1) is 9.17. The molecule has 0 bridgehead atoms. The Labute approximate surface area is 116 Å². The fourth-order valence-corrected chi connectivity index (χ4v) is 2.49. The molecule has 1 heterocycles. The second-order valence-corrected chi connectivity index (χ2v) is 5.17. The van der Waals surface area contributed by atoms with Crippen LogP contribution in [0.5, 0.6) is 0 Å². The summed E-state index contributed by atoms with van der Waals surface area (Å²) in [4.78, 5) is 14.0. The Hall–Kier alpha value is -0.650. The van der Waals surface area contributed by atoms with Crippen LogP contribution in [0.3, 0.4) is 0 Å². The molecule has 1 aliphatic rings. The third-order valence-electron chi connectivity index (χ3n) is 3.34. The molecule has 1 aliphatic heterocycles. The van der Waals surface area contributed by atoms with Gasteiger partial charge in [-0.15, -0.1) is 0 Å². The van der Waals surface area contributed by atoms with Crippen molar-refractivity contribution >= 4 is 5.97 Å². The van der Waals surface area contributed by atoms with Gasteiger partial charge in [0.05, 0.1) is 13.2 Å². The number of ether oxygens (including phenoxy) is 2. The van der Waals surface area contributed by atoms with E-state index in [1.54, 1.807) is 0 Å². The van der Waals surface area contributed by atoms with E-state index in [2.05, 4.69) is 17.3 Å². The molecule has 0 radical (unpaired) electrons. The number of nitrogens with zero attached hydrogens (tertiary/aromatic N) is 1. The number of esters is 1. The zero-order valence-corrected chi connectivity index (χ0v) is 12.5. The van der Waals surface area contributed by atoms with Gasteiger partial charge in [0.2, 0.25) is 0 Å². The quantitative estimate of drug-likeness (QED) is 0.665. The number of nitrogens with one attached hydrogen (secondary N) is 1. The highest BCUT2D eigenvalue weighted by Crippen LogP contribution is 2.14. The van der Waals surface area contributed by atoms with Crippen LogP contribution in [-0.2, 0) is 14.3 Å². The van der Waals surface area contributed by atoms with E-state index >= 15 is 0 Å². The molecule has 0 amide bonds. The number of carbonyl (C=O) groups is 1. The summed E-state index contributed by atoms with van der Waals surface area (Å²) in [5.41, 5.74) is 0. The van der Waals surface area contributed by atoms with Gasteiger partial charge < -0.3 is 19.7 Å². The van der Waals surface area contributed by atoms with Crippen LogP contribution in [0.1, 0.15) is 26.7 Å². The molecule has 0 spiro atoms. The SMILES string of the molecule is CCNC(CN(C)CC1CCCOC1)C(=O)OCC. The fraction of sp³-hybridized carbons (Fsp3) is 0.929. The molecule has 5 heteroatoms. The van der Waals surface area contributed by atoms with Gasteiger partial charge in [0.15, 0.2) is 0 Å². The minimum atomic E-state index is -0.237. The summed E-state index contributed by atoms with van der Waals surface area (Å²) in [6.07, 6.45) is 2.36. The van der Waals surface area contributed by atoms with Gasteiger partial charge in [-0.2, -0.15) is 0 Å². The van der Waals surface area contributed by atoms with Crippen LogP contribution in [0.15, 0.2) is 0 Å². The van der Waals surface area contributed by atoms with Crippen LogP contribution in [0.2, 0.25) is 0 Å². The molecule has 0 aromatic carbocycles. The zero-order valence-electron chi connectivity index (χ0n) is 12.5. The molecule has 19 heavy (non-hydrogen) atoms. The lowest BCUT2D eigenvalue weighted by Gasteiger charge is -2.29. The Morgan fingerprint density at radius 1 is 1.53 bits per heavy atom. The fourth-order valence-electron chi connectivity index (χ4n) is 2.49. The first-order valence-electron chi connectivity index (χ1n) is 7.33. The molecule has 0 aromatic heterocycles. The Morgan fingerprint density at radius 2 is 2.32 bits per heavy atom. The van der Waals surface area contributed by atoms with Crippen molar-refractivity contribution < 1.29 is 14.3 Å². The van der Waals surface area contributed by atoms with E-state index in [1.807, 2.05) is 13.8 Å². The van der Waals surface area contributed by atoms with Gasteiger partial charge in [-0.1, -0.05) is 6.92 Å². The summed E-state index contributed by atoms with van der Waals surface area (Å²) in [5, 5.41) is 3.19. The summed E-state index contributed by atoms with van der Waals surface area (Å²) in [7, 11) is 2.05. The number of rotatable bonds is 8. The van der Waals surface area contributed by atoms with Crippen LogP contribution in [0, 0.1) is 5.92 Å². The highest BCUT2D eigenvalue weighted by Gasteiger charge is 2.22. The summed E-state index contributed by atoms with van der Waals surface area (Å²) < 4.78 is 10.6. The van der Waals surface area contributed by atoms with E-state index in [9.17, 15) is 4.79 Å². The summed E-state index contributed by atoms with van der Waals surface area (Å²) in [5.74, 6) is 0.430. The average Bonchev–Trinajstić information content (AvgIpc) is 2.39. The zero-order chi connectivity index (χ0) is 14.1. The predicted octanol–water partition coefficient (Wildman–Crippen LogP) is 0.886. The lowest BCUT2D eigenvalue weighted by atomic mass is 10.0. The molecule has 0 saturated carbocycles. The topological polar surface area (TPSA) is 50.8 Å². The van der Waals surface area contributed by atoms with Crippen LogP contribution >= 0.6 is 0 Å². The number of hydrogen-bond donors (Lipinski definition) is 1. The van der Waals surface area contributed by atoms with Gasteiger partial charge in [-0.3, -0.25) is 4.79 Å². The molecule has 5 nitrogen and oxygen atoms in total. The molecular weight excluding hydrogens is 244 g/mol. The lowest BCUT2D eigenvalue weighted by Crippen LogP contribution is -2.47. The molecule has 1 rings (SSSR count). The van der Waals surface area contributed by atoms with Gasteiger partial charge in [-0.25, -0.2) is 0 Å². The molecule has 2 unspecified atom stereocenters. The van der Waals surface area contributed by atoms with Crippen molar-refractivity contribution in [3.63, 3.8) is 0 Å². The summed E-state index contributed by atoms with van der Waals surface area (Å²) in [6.45, 7) is 8.43. The second kappa shape index (κ2) is 9.28. The van der Waals surface area contributed by atoms with Crippen LogP contribution in [-0.4, -0.2) is 63.4 Å². The van der Waals surface area contributed by atoms with Gasteiger partial charge in [0, 0.05) is 19.7 Å². The second-order valence-electron chi connectivity index (χ2n) is 5.17. The monoisotopic (exact) mass is 272 g/mol. The van der Waals surface area contributed by atoms with Crippen molar-refractivity contribution in [1.29, 1.82) is 0 Å². The van der Waals surface area contributed by atoms with E-state index in [1.165, 1.54) is 6.42 Å². The van der Waals surface area contributed by atoms with Crippen molar-refractivity contribution in [3.8, 4) is 0 Å². The van der Waals surface area contributed by atoms with Crippen molar-refractivity contribution in [2.45, 2.75) is 32.7 Å². The third kappa shape index (κ3) is 6.36. The predicted molar refractivity (Wildman–Crippen MR) is 75.1 cm³/mol. The largest absolute Gasteiger partial charge is 0.465 e. The maximum Gasteiger partial charge on any atom is 0.324 e. The molecule has 1 fully saturated rings. The number of carbonyl (C=O) groups excluding carboxylic acids is 1. The van der Waals surface area contributed by atoms with Crippen LogP contribution in [0.25, 0.3) is 0 Å². The minimum Gasteiger partial charge on any atom is -0.465 e. The first-order valence-corrected chi connectivity index (χ1v) is 7.33. The van der Waals surface area contributed by atoms with Gasteiger partial charge >= 0.3 is 5.97 Å². The molecule has 112 valence electrons. The van der Waals surface area contributed by atoms with Crippen LogP contribution in [0.4, 0.5) is 0 Å². The maximum atomic E-state index is 11.8. The number of likely N-dealkylation sites (N-methyl/N-ethyl adjacent to an activating group) is 2. The van der Waals surface area contributed by atoms with E-state index in [4.69, 9.17) is 9.47 Å². The van der Waals surface area contributed by atoms with E-state index in [0.29, 0.717) is 19.1 Å². The first kappa shape index (κ1) is 16.4. The number of hydrogen-bond acceptors (Lipinski definition) is 5. The minimum absolute atomic E-state index is 0.156. The van der Waals surface area contributed by atoms with Gasteiger partial charge in [0.25, 0.3) is 0 Å². The van der Waals surface area contributed by atoms with E-state index in [-0.39, 0.29) is 12.0 Å². The Bertz CT molecular complexity index is 255. The van der Waals surface area contributed by atoms with Gasteiger partial charge in [0.1, 0.15) is 6.04 Å². The molecule has 2 atom stereocenters. The Morgan fingerprint density at radius 3 is 2.89 bits per heavy atom. The van der Waals surface area contributed by atoms with Crippen molar-refractivity contribution in [3.05, 3.63) is 0 Å². The van der Waals surface area contributed by atoms with E-state index in [0.717, 1.165) is 32.7 Å². The summed E-state index contributed by atoms with van der Waals surface area (Å²) >= 11 is 0. The molecule has 0 aliphatic carbocycles. The van der Waals surface area contributed by atoms with Crippen molar-refractivity contribution in [1.82, 2.24) is 10.2 Å².